The number of piperidine rings is 1. The van der Waals surface area contributed by atoms with Crippen LogP contribution in [0.25, 0.3) is 0 Å². The van der Waals surface area contributed by atoms with Crippen LogP contribution in [0.4, 0.5) is 4.39 Å². The lowest BCUT2D eigenvalue weighted by Gasteiger charge is -2.40. The number of aryl methyl sites for hydroxylation is 1. The Bertz CT molecular complexity index is 419. The van der Waals surface area contributed by atoms with Gasteiger partial charge < -0.3 is 5.32 Å². The van der Waals surface area contributed by atoms with E-state index in [1.54, 1.807) is 12.1 Å². The summed E-state index contributed by atoms with van der Waals surface area (Å²) in [6, 6.07) is 5.52. The molecule has 0 saturated carbocycles. The van der Waals surface area contributed by atoms with Crippen LogP contribution in [-0.2, 0) is 0 Å². The maximum atomic E-state index is 13.6. The van der Waals surface area contributed by atoms with E-state index in [9.17, 15) is 4.39 Å². The minimum absolute atomic E-state index is 0.123. The predicted octanol–water partition coefficient (Wildman–Crippen LogP) is 3.13. The Balaban J connectivity index is 2.27. The fraction of sp³-hybridized carbons (Fsp3) is 0.625. The van der Waals surface area contributed by atoms with Gasteiger partial charge in [-0.15, -0.1) is 0 Å². The number of benzene rings is 1. The van der Waals surface area contributed by atoms with Crippen molar-refractivity contribution >= 4 is 0 Å². The smallest absolute Gasteiger partial charge is 0.123 e. The van der Waals surface area contributed by atoms with Gasteiger partial charge in [-0.25, -0.2) is 4.39 Å². The van der Waals surface area contributed by atoms with E-state index < -0.39 is 0 Å². The minimum Gasteiger partial charge on any atom is -0.317 e. The molecule has 0 bridgehead atoms. The number of nitrogens with one attached hydrogen (secondary N) is 1. The molecular formula is C16H25FN2. The third kappa shape index (κ3) is 3.34. The van der Waals surface area contributed by atoms with Crippen LogP contribution in [0.1, 0.15) is 36.9 Å². The standard InChI is InChI=1S/C16H25FN2/c1-4-18-11-13-6-5-9-19(3)16(13)15-10-14(17)8-7-12(15)2/h7-8,10,13,16,18H,4-6,9,11H2,1-3H3. The van der Waals surface area contributed by atoms with Crippen molar-refractivity contribution < 1.29 is 4.39 Å². The van der Waals surface area contributed by atoms with Crippen molar-refractivity contribution in [2.75, 3.05) is 26.7 Å². The van der Waals surface area contributed by atoms with Crippen molar-refractivity contribution in [3.8, 4) is 0 Å². The van der Waals surface area contributed by atoms with Crippen molar-refractivity contribution in [3.63, 3.8) is 0 Å². The summed E-state index contributed by atoms with van der Waals surface area (Å²) in [7, 11) is 2.16. The van der Waals surface area contributed by atoms with Gasteiger partial charge in [0.2, 0.25) is 0 Å². The number of halogens is 1. The topological polar surface area (TPSA) is 15.3 Å². The number of hydrogen-bond acceptors (Lipinski definition) is 2. The molecule has 2 atom stereocenters. The largest absolute Gasteiger partial charge is 0.317 e. The fourth-order valence-corrected chi connectivity index (χ4v) is 3.22. The van der Waals surface area contributed by atoms with Gasteiger partial charge in [-0.2, -0.15) is 0 Å². The Morgan fingerprint density at radius 2 is 2.21 bits per heavy atom. The van der Waals surface area contributed by atoms with Crippen molar-refractivity contribution in [1.82, 2.24) is 10.2 Å². The second-order valence-electron chi connectivity index (χ2n) is 5.64. The molecule has 1 aliphatic rings. The molecule has 1 heterocycles. The van der Waals surface area contributed by atoms with Gasteiger partial charge in [-0.05, 0) is 75.6 Å². The highest BCUT2D eigenvalue weighted by atomic mass is 19.1. The summed E-state index contributed by atoms with van der Waals surface area (Å²) in [5.41, 5.74) is 2.35. The van der Waals surface area contributed by atoms with Gasteiger partial charge in [0.15, 0.2) is 0 Å². The molecule has 1 saturated heterocycles. The second-order valence-corrected chi connectivity index (χ2v) is 5.64. The third-order valence-electron chi connectivity index (χ3n) is 4.22. The summed E-state index contributed by atoms with van der Waals surface area (Å²) in [6.45, 7) is 7.33. The summed E-state index contributed by atoms with van der Waals surface area (Å²) in [4.78, 5) is 2.38. The van der Waals surface area contributed by atoms with Gasteiger partial charge >= 0.3 is 0 Å². The highest BCUT2D eigenvalue weighted by Gasteiger charge is 2.31. The fourth-order valence-electron chi connectivity index (χ4n) is 3.22. The van der Waals surface area contributed by atoms with Gasteiger partial charge in [0.25, 0.3) is 0 Å². The van der Waals surface area contributed by atoms with Gasteiger partial charge in [0.1, 0.15) is 5.82 Å². The average Bonchev–Trinajstić information content (AvgIpc) is 2.39. The maximum Gasteiger partial charge on any atom is 0.123 e. The van der Waals surface area contributed by atoms with E-state index in [0.29, 0.717) is 12.0 Å². The first-order valence-corrected chi connectivity index (χ1v) is 7.30. The molecule has 1 aromatic carbocycles. The van der Waals surface area contributed by atoms with Crippen LogP contribution in [0.5, 0.6) is 0 Å². The predicted molar refractivity (Wildman–Crippen MR) is 77.8 cm³/mol. The lowest BCUT2D eigenvalue weighted by Crippen LogP contribution is -2.40. The molecule has 0 amide bonds. The van der Waals surface area contributed by atoms with Crippen molar-refractivity contribution in [1.29, 1.82) is 0 Å². The van der Waals surface area contributed by atoms with E-state index in [-0.39, 0.29) is 5.82 Å². The van der Waals surface area contributed by atoms with Crippen molar-refractivity contribution in [3.05, 3.63) is 35.1 Å². The molecular weight excluding hydrogens is 239 g/mol. The Kier molecular flexibility index (Phi) is 4.94. The number of likely N-dealkylation sites (tertiary alicyclic amines) is 1. The van der Waals surface area contributed by atoms with E-state index in [1.807, 2.05) is 6.07 Å². The van der Waals surface area contributed by atoms with Crippen LogP contribution in [0.2, 0.25) is 0 Å². The molecule has 1 aromatic rings. The van der Waals surface area contributed by atoms with E-state index >= 15 is 0 Å². The molecule has 2 unspecified atom stereocenters. The monoisotopic (exact) mass is 264 g/mol. The van der Waals surface area contributed by atoms with Crippen molar-refractivity contribution in [2.45, 2.75) is 32.7 Å². The number of nitrogens with zero attached hydrogens (tertiary/aromatic N) is 1. The van der Waals surface area contributed by atoms with Crippen LogP contribution in [-0.4, -0.2) is 31.6 Å². The number of rotatable bonds is 4. The molecule has 1 aliphatic heterocycles. The average molecular weight is 264 g/mol. The molecule has 0 spiro atoms. The molecule has 19 heavy (non-hydrogen) atoms. The number of hydrogen-bond donors (Lipinski definition) is 1. The molecule has 0 radical (unpaired) electrons. The maximum absolute atomic E-state index is 13.6. The van der Waals surface area contributed by atoms with E-state index in [2.05, 4.69) is 31.1 Å². The summed E-state index contributed by atoms with van der Waals surface area (Å²) in [5, 5.41) is 3.45. The molecule has 3 heteroatoms. The first-order chi connectivity index (χ1) is 9.13. The summed E-state index contributed by atoms with van der Waals surface area (Å²) in [5.74, 6) is 0.445. The minimum atomic E-state index is -0.123. The Labute approximate surface area is 116 Å². The molecule has 1 N–H and O–H groups in total. The zero-order chi connectivity index (χ0) is 13.8. The van der Waals surface area contributed by atoms with Gasteiger partial charge in [0.05, 0.1) is 0 Å². The SMILES string of the molecule is CCNCC1CCCN(C)C1c1cc(F)ccc1C. The first kappa shape index (κ1) is 14.5. The zero-order valence-corrected chi connectivity index (χ0v) is 12.2. The molecule has 1 fully saturated rings. The zero-order valence-electron chi connectivity index (χ0n) is 12.2. The van der Waals surface area contributed by atoms with E-state index in [0.717, 1.165) is 25.2 Å². The van der Waals surface area contributed by atoms with Crippen LogP contribution >= 0.6 is 0 Å². The van der Waals surface area contributed by atoms with Gasteiger partial charge in [0, 0.05) is 6.04 Å². The Hall–Kier alpha value is -0.930. The quantitative estimate of drug-likeness (QED) is 0.899. The molecule has 0 aliphatic carbocycles. The Morgan fingerprint density at radius 1 is 1.42 bits per heavy atom. The van der Waals surface area contributed by atoms with Gasteiger partial charge in [-0.3, -0.25) is 4.90 Å². The van der Waals surface area contributed by atoms with E-state index in [4.69, 9.17) is 0 Å². The van der Waals surface area contributed by atoms with Crippen LogP contribution < -0.4 is 5.32 Å². The normalized spacial score (nSPS) is 24.6. The van der Waals surface area contributed by atoms with E-state index in [1.165, 1.54) is 18.4 Å². The second kappa shape index (κ2) is 6.49. The molecule has 106 valence electrons. The highest BCUT2D eigenvalue weighted by Crippen LogP contribution is 2.36. The summed E-state index contributed by atoms with van der Waals surface area (Å²) in [6.07, 6.45) is 2.45. The van der Waals surface area contributed by atoms with Crippen LogP contribution in [0.3, 0.4) is 0 Å². The lowest BCUT2D eigenvalue weighted by molar-refractivity contribution is 0.119. The molecule has 2 nitrogen and oxygen atoms in total. The lowest BCUT2D eigenvalue weighted by atomic mass is 9.83. The third-order valence-corrected chi connectivity index (χ3v) is 4.22. The summed E-state index contributed by atoms with van der Waals surface area (Å²) < 4.78 is 13.6. The van der Waals surface area contributed by atoms with Gasteiger partial charge in [-0.1, -0.05) is 13.0 Å². The summed E-state index contributed by atoms with van der Waals surface area (Å²) >= 11 is 0. The van der Waals surface area contributed by atoms with Crippen LogP contribution in [0.15, 0.2) is 18.2 Å². The first-order valence-electron chi connectivity index (χ1n) is 7.30. The Morgan fingerprint density at radius 3 is 2.95 bits per heavy atom. The highest BCUT2D eigenvalue weighted by molar-refractivity contribution is 5.30. The molecule has 2 rings (SSSR count). The molecule has 0 aromatic heterocycles. The van der Waals surface area contributed by atoms with Crippen molar-refractivity contribution in [2.24, 2.45) is 5.92 Å². The van der Waals surface area contributed by atoms with Crippen LogP contribution in [0, 0.1) is 18.7 Å².